The van der Waals surface area contributed by atoms with Gasteiger partial charge in [-0.25, -0.2) is 0 Å². The van der Waals surface area contributed by atoms with E-state index in [9.17, 15) is 13.6 Å². The second-order valence-electron chi connectivity index (χ2n) is 5.68. The Morgan fingerprint density at radius 2 is 1.87 bits per heavy atom. The second kappa shape index (κ2) is 8.04. The predicted molar refractivity (Wildman–Crippen MR) is 86.4 cm³/mol. The van der Waals surface area contributed by atoms with Crippen molar-refractivity contribution < 1.29 is 18.3 Å². The predicted octanol–water partition coefficient (Wildman–Crippen LogP) is 4.88. The van der Waals surface area contributed by atoms with E-state index in [1.54, 1.807) is 19.1 Å². The molecule has 0 spiro atoms. The SMILES string of the molecule is CCOC(=O)CCCC(c1ccccc1)C1C=CC(F)(F)C=C1. The molecule has 2 rings (SSSR count). The molecule has 23 heavy (non-hydrogen) atoms. The van der Waals surface area contributed by atoms with Crippen LogP contribution in [-0.2, 0) is 9.53 Å². The topological polar surface area (TPSA) is 26.3 Å². The fraction of sp³-hybridized carbons (Fsp3) is 0.421. The Labute approximate surface area is 135 Å². The van der Waals surface area contributed by atoms with Crippen molar-refractivity contribution >= 4 is 5.97 Å². The Morgan fingerprint density at radius 3 is 2.48 bits per heavy atom. The number of rotatable bonds is 7. The van der Waals surface area contributed by atoms with Crippen LogP contribution < -0.4 is 0 Å². The van der Waals surface area contributed by atoms with Gasteiger partial charge >= 0.3 is 5.97 Å². The molecule has 0 heterocycles. The lowest BCUT2D eigenvalue weighted by atomic mass is 9.80. The molecule has 1 aromatic rings. The first-order chi connectivity index (χ1) is 11.0. The summed E-state index contributed by atoms with van der Waals surface area (Å²) in [7, 11) is 0. The number of halogens is 2. The van der Waals surface area contributed by atoms with Gasteiger partial charge in [-0.2, -0.15) is 8.78 Å². The number of alkyl halides is 2. The van der Waals surface area contributed by atoms with Crippen molar-refractivity contribution in [3.05, 3.63) is 60.2 Å². The average molecular weight is 320 g/mol. The molecule has 4 heteroatoms. The highest BCUT2D eigenvalue weighted by molar-refractivity contribution is 5.69. The van der Waals surface area contributed by atoms with Crippen molar-refractivity contribution in [2.75, 3.05) is 6.61 Å². The van der Waals surface area contributed by atoms with E-state index in [0.717, 1.165) is 24.1 Å². The van der Waals surface area contributed by atoms with Gasteiger partial charge in [0.1, 0.15) is 0 Å². The summed E-state index contributed by atoms with van der Waals surface area (Å²) in [6.45, 7) is 2.16. The molecule has 1 aromatic carbocycles. The smallest absolute Gasteiger partial charge is 0.305 e. The summed E-state index contributed by atoms with van der Waals surface area (Å²) >= 11 is 0. The summed E-state index contributed by atoms with van der Waals surface area (Å²) in [5.41, 5.74) is 1.10. The third kappa shape index (κ3) is 5.31. The van der Waals surface area contributed by atoms with Gasteiger partial charge < -0.3 is 4.74 Å². The lowest BCUT2D eigenvalue weighted by molar-refractivity contribution is -0.143. The van der Waals surface area contributed by atoms with Gasteiger partial charge in [-0.1, -0.05) is 42.5 Å². The maximum Gasteiger partial charge on any atom is 0.305 e. The van der Waals surface area contributed by atoms with Crippen LogP contribution in [0.3, 0.4) is 0 Å². The van der Waals surface area contributed by atoms with Gasteiger partial charge in [0.05, 0.1) is 6.61 Å². The van der Waals surface area contributed by atoms with E-state index in [1.165, 1.54) is 0 Å². The summed E-state index contributed by atoms with van der Waals surface area (Å²) in [6, 6.07) is 9.82. The normalized spacial score (nSPS) is 17.9. The summed E-state index contributed by atoms with van der Waals surface area (Å²) in [5, 5.41) is 0. The molecule has 0 amide bonds. The van der Waals surface area contributed by atoms with Crippen molar-refractivity contribution in [3.8, 4) is 0 Å². The molecule has 0 bridgehead atoms. The summed E-state index contributed by atoms with van der Waals surface area (Å²) < 4.78 is 31.4. The Morgan fingerprint density at radius 1 is 1.22 bits per heavy atom. The van der Waals surface area contributed by atoms with Crippen LogP contribution in [-0.4, -0.2) is 18.5 Å². The number of allylic oxidation sites excluding steroid dienone is 4. The van der Waals surface area contributed by atoms with E-state index >= 15 is 0 Å². The largest absolute Gasteiger partial charge is 0.466 e. The monoisotopic (exact) mass is 320 g/mol. The Hall–Kier alpha value is -1.97. The van der Waals surface area contributed by atoms with Crippen molar-refractivity contribution in [1.29, 1.82) is 0 Å². The highest BCUT2D eigenvalue weighted by Crippen LogP contribution is 2.36. The first-order valence-electron chi connectivity index (χ1n) is 7.99. The molecule has 1 aliphatic carbocycles. The standard InChI is InChI=1S/C19H22F2O2/c1-2-23-18(22)10-6-9-17(15-7-4-3-5-8-15)16-11-13-19(20,21)14-12-16/h3-5,7-8,11-14,16-17H,2,6,9-10H2,1H3. The molecule has 1 aliphatic rings. The minimum absolute atomic E-state index is 0.0780. The van der Waals surface area contributed by atoms with E-state index < -0.39 is 5.92 Å². The molecular formula is C19H22F2O2. The molecule has 2 nitrogen and oxygen atoms in total. The Bertz CT molecular complexity index is 548. The van der Waals surface area contributed by atoms with Crippen LogP contribution in [0.1, 0.15) is 37.7 Å². The molecule has 1 atom stereocenters. The summed E-state index contributed by atoms with van der Waals surface area (Å²) in [5.74, 6) is -3.07. The van der Waals surface area contributed by atoms with Gasteiger partial charge in [0, 0.05) is 12.3 Å². The van der Waals surface area contributed by atoms with Crippen LogP contribution in [0, 0.1) is 5.92 Å². The molecule has 0 N–H and O–H groups in total. The van der Waals surface area contributed by atoms with Gasteiger partial charge in [0.2, 0.25) is 0 Å². The highest BCUT2D eigenvalue weighted by atomic mass is 19.3. The number of hydrogen-bond acceptors (Lipinski definition) is 2. The van der Waals surface area contributed by atoms with E-state index in [4.69, 9.17) is 4.74 Å². The summed E-state index contributed by atoms with van der Waals surface area (Å²) in [6.07, 6.45) is 6.83. The number of ether oxygens (including phenoxy) is 1. The maximum absolute atomic E-state index is 13.3. The molecular weight excluding hydrogens is 298 g/mol. The zero-order valence-corrected chi connectivity index (χ0v) is 13.3. The number of carbonyl (C=O) groups excluding carboxylic acids is 1. The fourth-order valence-corrected chi connectivity index (χ4v) is 2.85. The van der Waals surface area contributed by atoms with E-state index in [2.05, 4.69) is 0 Å². The molecule has 0 aliphatic heterocycles. The van der Waals surface area contributed by atoms with E-state index in [1.807, 2.05) is 30.3 Å². The minimum Gasteiger partial charge on any atom is -0.466 e. The van der Waals surface area contributed by atoms with Gasteiger partial charge in [0.25, 0.3) is 5.92 Å². The zero-order valence-electron chi connectivity index (χ0n) is 13.3. The Kier molecular flexibility index (Phi) is 6.08. The van der Waals surface area contributed by atoms with Crippen LogP contribution in [0.4, 0.5) is 8.78 Å². The highest BCUT2D eigenvalue weighted by Gasteiger charge is 2.28. The number of hydrogen-bond donors (Lipinski definition) is 0. The third-order valence-electron chi connectivity index (χ3n) is 3.98. The van der Waals surface area contributed by atoms with Gasteiger partial charge in [0.15, 0.2) is 0 Å². The zero-order chi connectivity index (χ0) is 16.7. The molecule has 0 fully saturated rings. The molecule has 124 valence electrons. The lowest BCUT2D eigenvalue weighted by Crippen LogP contribution is -2.18. The van der Waals surface area contributed by atoms with Crippen LogP contribution in [0.2, 0.25) is 0 Å². The van der Waals surface area contributed by atoms with Crippen LogP contribution in [0.5, 0.6) is 0 Å². The van der Waals surface area contributed by atoms with E-state index in [0.29, 0.717) is 19.4 Å². The van der Waals surface area contributed by atoms with Crippen molar-refractivity contribution in [3.63, 3.8) is 0 Å². The minimum atomic E-state index is -2.86. The van der Waals surface area contributed by atoms with Crippen LogP contribution in [0.25, 0.3) is 0 Å². The Balaban J connectivity index is 2.05. The van der Waals surface area contributed by atoms with Crippen LogP contribution >= 0.6 is 0 Å². The average Bonchev–Trinajstić information content (AvgIpc) is 2.53. The molecule has 0 aromatic heterocycles. The van der Waals surface area contributed by atoms with Gasteiger partial charge in [-0.05, 0) is 43.4 Å². The lowest BCUT2D eigenvalue weighted by Gasteiger charge is -2.26. The van der Waals surface area contributed by atoms with Crippen molar-refractivity contribution in [1.82, 2.24) is 0 Å². The summed E-state index contributed by atoms with van der Waals surface area (Å²) in [4.78, 5) is 11.5. The second-order valence-corrected chi connectivity index (χ2v) is 5.68. The number of benzene rings is 1. The first-order valence-corrected chi connectivity index (χ1v) is 7.99. The van der Waals surface area contributed by atoms with Gasteiger partial charge in [-0.3, -0.25) is 4.79 Å². The molecule has 0 saturated carbocycles. The van der Waals surface area contributed by atoms with Crippen molar-refractivity contribution in [2.24, 2.45) is 5.92 Å². The quantitative estimate of drug-likeness (QED) is 0.528. The first kappa shape index (κ1) is 17.4. The number of carbonyl (C=O) groups is 1. The third-order valence-corrected chi connectivity index (χ3v) is 3.98. The van der Waals surface area contributed by atoms with E-state index in [-0.39, 0.29) is 17.8 Å². The molecule has 0 radical (unpaired) electrons. The van der Waals surface area contributed by atoms with Gasteiger partial charge in [-0.15, -0.1) is 0 Å². The number of esters is 1. The van der Waals surface area contributed by atoms with Crippen molar-refractivity contribution in [2.45, 2.75) is 38.0 Å². The molecule has 0 saturated heterocycles. The molecule has 1 unspecified atom stereocenters. The fourth-order valence-electron chi connectivity index (χ4n) is 2.85. The maximum atomic E-state index is 13.3. The van der Waals surface area contributed by atoms with Crippen LogP contribution in [0.15, 0.2) is 54.6 Å².